The Hall–Kier alpha value is -2.01. The van der Waals surface area contributed by atoms with Crippen molar-refractivity contribution in [3.63, 3.8) is 0 Å². The molecule has 0 radical (unpaired) electrons. The molecule has 0 spiro atoms. The second-order valence-electron chi connectivity index (χ2n) is 5.38. The minimum atomic E-state index is -0.421. The van der Waals surface area contributed by atoms with Crippen LogP contribution in [0, 0.1) is 12.7 Å². The first-order chi connectivity index (χ1) is 10.1. The highest BCUT2D eigenvalue weighted by Crippen LogP contribution is 2.28. The number of aromatic nitrogens is 2. The molecule has 0 amide bonds. The third kappa shape index (κ3) is 2.88. The normalized spacial score (nSPS) is 22.3. The van der Waals surface area contributed by atoms with E-state index in [4.69, 9.17) is 4.74 Å². The molecule has 1 aliphatic rings. The van der Waals surface area contributed by atoms with Crippen molar-refractivity contribution in [3.8, 4) is 0 Å². The van der Waals surface area contributed by atoms with Gasteiger partial charge in [-0.2, -0.15) is 0 Å². The van der Waals surface area contributed by atoms with Crippen LogP contribution >= 0.6 is 0 Å². The maximum atomic E-state index is 13.0. The standard InChI is InChI=1S/C16H18FN3O/c1-11-5-3-4-6-14(11)15-9-20(12(2)10-21-15)16-18-7-13(17)8-19-16/h3-8,12,15H,9-10H2,1-2H3. The number of rotatable bonds is 2. The van der Waals surface area contributed by atoms with Crippen LogP contribution in [0.15, 0.2) is 36.7 Å². The Labute approximate surface area is 123 Å². The number of hydrogen-bond acceptors (Lipinski definition) is 4. The van der Waals surface area contributed by atoms with E-state index in [0.29, 0.717) is 19.1 Å². The SMILES string of the molecule is Cc1ccccc1C1CN(c2ncc(F)cn2)C(C)CO1. The van der Waals surface area contributed by atoms with E-state index in [-0.39, 0.29) is 12.1 Å². The predicted octanol–water partition coefficient (Wildman–Crippen LogP) is 2.89. The lowest BCUT2D eigenvalue weighted by Crippen LogP contribution is -2.46. The summed E-state index contributed by atoms with van der Waals surface area (Å²) in [6, 6.07) is 8.36. The van der Waals surface area contributed by atoms with Crippen molar-refractivity contribution >= 4 is 5.95 Å². The number of benzene rings is 1. The van der Waals surface area contributed by atoms with Gasteiger partial charge in [0.2, 0.25) is 5.95 Å². The average Bonchev–Trinajstić information content (AvgIpc) is 2.50. The summed E-state index contributed by atoms with van der Waals surface area (Å²) in [5, 5.41) is 0. The number of nitrogens with zero attached hydrogens (tertiary/aromatic N) is 3. The van der Waals surface area contributed by atoms with Gasteiger partial charge in [0.05, 0.1) is 31.6 Å². The second-order valence-corrected chi connectivity index (χ2v) is 5.38. The van der Waals surface area contributed by atoms with Crippen molar-refractivity contribution in [2.24, 2.45) is 0 Å². The number of hydrogen-bond donors (Lipinski definition) is 0. The minimum absolute atomic E-state index is 0.0175. The molecule has 2 aromatic rings. The van der Waals surface area contributed by atoms with Crippen LogP contribution < -0.4 is 4.90 Å². The highest BCUT2D eigenvalue weighted by Gasteiger charge is 2.29. The Morgan fingerprint density at radius 1 is 1.24 bits per heavy atom. The topological polar surface area (TPSA) is 38.2 Å². The average molecular weight is 287 g/mol. The Kier molecular flexibility index (Phi) is 3.84. The summed E-state index contributed by atoms with van der Waals surface area (Å²) in [5.74, 6) is 0.126. The van der Waals surface area contributed by atoms with Crippen LogP contribution in [0.5, 0.6) is 0 Å². The zero-order valence-corrected chi connectivity index (χ0v) is 12.2. The molecule has 3 rings (SSSR count). The molecule has 4 nitrogen and oxygen atoms in total. The maximum Gasteiger partial charge on any atom is 0.225 e. The second kappa shape index (κ2) is 5.77. The summed E-state index contributed by atoms with van der Waals surface area (Å²) < 4.78 is 18.9. The summed E-state index contributed by atoms with van der Waals surface area (Å²) in [6.07, 6.45) is 2.39. The van der Waals surface area contributed by atoms with Gasteiger partial charge in [-0.25, -0.2) is 14.4 Å². The molecule has 0 aliphatic carbocycles. The molecule has 2 heterocycles. The van der Waals surface area contributed by atoms with Gasteiger partial charge in [0.1, 0.15) is 6.10 Å². The summed E-state index contributed by atoms with van der Waals surface area (Å²) in [4.78, 5) is 10.2. The lowest BCUT2D eigenvalue weighted by atomic mass is 10.0. The first kappa shape index (κ1) is 13.9. The molecule has 0 N–H and O–H groups in total. The number of halogens is 1. The van der Waals surface area contributed by atoms with Crippen molar-refractivity contribution in [1.29, 1.82) is 0 Å². The van der Waals surface area contributed by atoms with Gasteiger partial charge >= 0.3 is 0 Å². The van der Waals surface area contributed by atoms with Gasteiger partial charge in [0.15, 0.2) is 5.82 Å². The zero-order valence-electron chi connectivity index (χ0n) is 12.2. The molecule has 2 atom stereocenters. The van der Waals surface area contributed by atoms with Crippen molar-refractivity contribution in [3.05, 3.63) is 53.6 Å². The molecule has 1 fully saturated rings. The van der Waals surface area contributed by atoms with Gasteiger partial charge in [-0.3, -0.25) is 0 Å². The molecule has 1 aromatic carbocycles. The van der Waals surface area contributed by atoms with Crippen LogP contribution in [0.25, 0.3) is 0 Å². The fourth-order valence-electron chi connectivity index (χ4n) is 2.63. The first-order valence-electron chi connectivity index (χ1n) is 7.06. The van der Waals surface area contributed by atoms with E-state index in [1.54, 1.807) is 0 Å². The van der Waals surface area contributed by atoms with Crippen LogP contribution in [0.3, 0.4) is 0 Å². The lowest BCUT2D eigenvalue weighted by Gasteiger charge is -2.38. The van der Waals surface area contributed by atoms with E-state index in [1.807, 2.05) is 12.1 Å². The number of ether oxygens (including phenoxy) is 1. The van der Waals surface area contributed by atoms with Crippen LogP contribution in [0.2, 0.25) is 0 Å². The lowest BCUT2D eigenvalue weighted by molar-refractivity contribution is 0.0205. The molecule has 21 heavy (non-hydrogen) atoms. The monoisotopic (exact) mass is 287 g/mol. The quantitative estimate of drug-likeness (QED) is 0.851. The molecular weight excluding hydrogens is 269 g/mol. The molecule has 110 valence electrons. The van der Waals surface area contributed by atoms with Gasteiger partial charge in [-0.15, -0.1) is 0 Å². The summed E-state index contributed by atoms with van der Waals surface area (Å²) in [5.41, 5.74) is 2.38. The van der Waals surface area contributed by atoms with Gasteiger partial charge < -0.3 is 9.64 Å². The van der Waals surface area contributed by atoms with E-state index >= 15 is 0 Å². The van der Waals surface area contributed by atoms with Crippen LogP contribution in [0.4, 0.5) is 10.3 Å². The Morgan fingerprint density at radius 3 is 2.67 bits per heavy atom. The molecule has 1 aliphatic heterocycles. The molecule has 2 unspecified atom stereocenters. The number of morpholine rings is 1. The largest absolute Gasteiger partial charge is 0.370 e. The molecule has 0 bridgehead atoms. The van der Waals surface area contributed by atoms with Crippen LogP contribution in [-0.4, -0.2) is 29.2 Å². The Morgan fingerprint density at radius 2 is 1.95 bits per heavy atom. The smallest absolute Gasteiger partial charge is 0.225 e. The molecule has 1 aromatic heterocycles. The highest BCUT2D eigenvalue weighted by atomic mass is 19.1. The third-order valence-electron chi connectivity index (χ3n) is 3.83. The van der Waals surface area contributed by atoms with E-state index in [9.17, 15) is 4.39 Å². The van der Waals surface area contributed by atoms with Gasteiger partial charge in [-0.05, 0) is 25.0 Å². The summed E-state index contributed by atoms with van der Waals surface area (Å²) >= 11 is 0. The first-order valence-corrected chi connectivity index (χ1v) is 7.06. The van der Waals surface area contributed by atoms with Gasteiger partial charge in [0.25, 0.3) is 0 Å². The fraction of sp³-hybridized carbons (Fsp3) is 0.375. The van der Waals surface area contributed by atoms with Crippen molar-refractivity contribution < 1.29 is 9.13 Å². The molecule has 1 saturated heterocycles. The molecule has 5 heteroatoms. The van der Waals surface area contributed by atoms with Gasteiger partial charge in [-0.1, -0.05) is 24.3 Å². The Bertz CT molecular complexity index is 617. The van der Waals surface area contributed by atoms with Gasteiger partial charge in [0, 0.05) is 0 Å². The zero-order chi connectivity index (χ0) is 14.8. The summed E-state index contributed by atoms with van der Waals surface area (Å²) in [7, 11) is 0. The van der Waals surface area contributed by atoms with E-state index in [2.05, 4.69) is 40.8 Å². The van der Waals surface area contributed by atoms with E-state index in [0.717, 1.165) is 0 Å². The van der Waals surface area contributed by atoms with E-state index < -0.39 is 5.82 Å². The summed E-state index contributed by atoms with van der Waals surface area (Å²) in [6.45, 7) is 5.40. The van der Waals surface area contributed by atoms with Crippen molar-refractivity contribution in [1.82, 2.24) is 9.97 Å². The highest BCUT2D eigenvalue weighted by molar-refractivity contribution is 5.35. The number of anilines is 1. The molecule has 0 saturated carbocycles. The molecular formula is C16H18FN3O. The third-order valence-corrected chi connectivity index (χ3v) is 3.83. The van der Waals surface area contributed by atoms with Crippen molar-refractivity contribution in [2.45, 2.75) is 26.0 Å². The minimum Gasteiger partial charge on any atom is -0.370 e. The van der Waals surface area contributed by atoms with E-state index in [1.165, 1.54) is 23.5 Å². The van der Waals surface area contributed by atoms with Crippen LogP contribution in [0.1, 0.15) is 24.2 Å². The van der Waals surface area contributed by atoms with Crippen LogP contribution in [-0.2, 0) is 4.74 Å². The fourth-order valence-corrected chi connectivity index (χ4v) is 2.63. The Balaban J connectivity index is 1.85. The number of aryl methyl sites for hydroxylation is 1. The van der Waals surface area contributed by atoms with Crippen molar-refractivity contribution in [2.75, 3.05) is 18.1 Å². The predicted molar refractivity (Wildman–Crippen MR) is 78.7 cm³/mol. The maximum absolute atomic E-state index is 13.0.